The molecule has 0 spiro atoms. The van der Waals surface area contributed by atoms with Crippen molar-refractivity contribution in [1.82, 2.24) is 10.2 Å². The number of ketones is 1. The summed E-state index contributed by atoms with van der Waals surface area (Å²) >= 11 is 0. The van der Waals surface area contributed by atoms with E-state index in [0.717, 1.165) is 6.07 Å². The number of aromatic nitrogens is 2. The standard InChI is InChI=1S/C11H9FN2O2/c1-16-10-3-2-7(6-8(10)12)11(15)9-4-5-13-14-9/h2-6H,1H3,(H,13,14). The molecule has 1 N–H and O–H groups in total. The molecule has 0 fully saturated rings. The van der Waals surface area contributed by atoms with Crippen LogP contribution in [-0.4, -0.2) is 23.1 Å². The number of ether oxygens (including phenoxy) is 1. The van der Waals surface area contributed by atoms with Crippen LogP contribution in [0.15, 0.2) is 30.5 Å². The van der Waals surface area contributed by atoms with Gasteiger partial charge in [-0.1, -0.05) is 0 Å². The van der Waals surface area contributed by atoms with Crippen LogP contribution >= 0.6 is 0 Å². The van der Waals surface area contributed by atoms with Gasteiger partial charge in [-0.15, -0.1) is 0 Å². The lowest BCUT2D eigenvalue weighted by atomic mass is 10.1. The highest BCUT2D eigenvalue weighted by molar-refractivity contribution is 6.07. The summed E-state index contributed by atoms with van der Waals surface area (Å²) in [4.78, 5) is 11.8. The maximum absolute atomic E-state index is 13.3. The maximum Gasteiger partial charge on any atom is 0.210 e. The number of halogens is 1. The minimum absolute atomic E-state index is 0.112. The molecule has 1 heterocycles. The summed E-state index contributed by atoms with van der Waals surface area (Å²) < 4.78 is 18.1. The molecule has 1 aromatic heterocycles. The first kappa shape index (κ1) is 10.4. The Morgan fingerprint density at radius 1 is 1.44 bits per heavy atom. The van der Waals surface area contributed by atoms with E-state index in [1.165, 1.54) is 31.5 Å². The van der Waals surface area contributed by atoms with Gasteiger partial charge in [0.1, 0.15) is 5.69 Å². The molecule has 0 aliphatic rings. The molecule has 0 atom stereocenters. The van der Waals surface area contributed by atoms with Crippen LogP contribution < -0.4 is 4.74 Å². The fraction of sp³-hybridized carbons (Fsp3) is 0.0909. The van der Waals surface area contributed by atoms with E-state index in [0.29, 0.717) is 5.69 Å². The smallest absolute Gasteiger partial charge is 0.210 e. The van der Waals surface area contributed by atoms with Crippen LogP contribution in [-0.2, 0) is 0 Å². The fourth-order valence-corrected chi connectivity index (χ4v) is 1.35. The predicted octanol–water partition coefficient (Wildman–Crippen LogP) is 1.79. The van der Waals surface area contributed by atoms with Crippen molar-refractivity contribution < 1.29 is 13.9 Å². The second kappa shape index (κ2) is 4.14. The molecule has 0 aliphatic heterocycles. The lowest BCUT2D eigenvalue weighted by Crippen LogP contribution is -2.03. The molecular formula is C11H9FN2O2. The molecule has 0 aliphatic carbocycles. The molecule has 16 heavy (non-hydrogen) atoms. The van der Waals surface area contributed by atoms with Crippen molar-refractivity contribution in [3.8, 4) is 5.75 Å². The maximum atomic E-state index is 13.3. The average molecular weight is 220 g/mol. The highest BCUT2D eigenvalue weighted by atomic mass is 19.1. The highest BCUT2D eigenvalue weighted by Crippen LogP contribution is 2.19. The number of aromatic amines is 1. The highest BCUT2D eigenvalue weighted by Gasteiger charge is 2.12. The Balaban J connectivity index is 2.35. The van der Waals surface area contributed by atoms with E-state index in [9.17, 15) is 9.18 Å². The van der Waals surface area contributed by atoms with Crippen LogP contribution in [0, 0.1) is 5.82 Å². The van der Waals surface area contributed by atoms with Crippen LogP contribution in [0.3, 0.4) is 0 Å². The second-order valence-corrected chi connectivity index (χ2v) is 3.15. The molecule has 2 aromatic rings. The van der Waals surface area contributed by atoms with Crippen molar-refractivity contribution in [2.45, 2.75) is 0 Å². The molecule has 0 saturated carbocycles. The number of nitrogens with zero attached hydrogens (tertiary/aromatic N) is 1. The van der Waals surface area contributed by atoms with Gasteiger partial charge in [0.05, 0.1) is 7.11 Å². The molecule has 5 heteroatoms. The van der Waals surface area contributed by atoms with Gasteiger partial charge in [-0.05, 0) is 24.3 Å². The number of carbonyl (C=O) groups is 1. The molecule has 1 aromatic carbocycles. The number of benzene rings is 1. The largest absolute Gasteiger partial charge is 0.494 e. The normalized spacial score (nSPS) is 10.1. The molecule has 0 amide bonds. The van der Waals surface area contributed by atoms with Gasteiger partial charge in [0.15, 0.2) is 11.6 Å². The third-order valence-corrected chi connectivity index (χ3v) is 2.16. The Morgan fingerprint density at radius 3 is 2.81 bits per heavy atom. The summed E-state index contributed by atoms with van der Waals surface area (Å²) in [5.74, 6) is -0.756. The average Bonchev–Trinajstić information content (AvgIpc) is 2.81. The van der Waals surface area contributed by atoms with Gasteiger partial charge in [0.2, 0.25) is 5.78 Å². The summed E-state index contributed by atoms with van der Waals surface area (Å²) in [6, 6.07) is 5.59. The minimum atomic E-state index is -0.562. The topological polar surface area (TPSA) is 55.0 Å². The molecule has 4 nitrogen and oxygen atoms in total. The number of rotatable bonds is 3. The summed E-state index contributed by atoms with van der Waals surface area (Å²) in [6.07, 6.45) is 1.47. The number of H-pyrrole nitrogens is 1. The molecule has 82 valence electrons. The Bertz CT molecular complexity index is 509. The third kappa shape index (κ3) is 1.79. The number of hydrogen-bond donors (Lipinski definition) is 1. The summed E-state index contributed by atoms with van der Waals surface area (Å²) in [7, 11) is 1.37. The van der Waals surface area contributed by atoms with E-state index in [4.69, 9.17) is 4.74 Å². The van der Waals surface area contributed by atoms with Gasteiger partial charge in [-0.25, -0.2) is 4.39 Å². The second-order valence-electron chi connectivity index (χ2n) is 3.15. The lowest BCUT2D eigenvalue weighted by molar-refractivity contribution is 0.103. The van der Waals surface area contributed by atoms with E-state index in [1.54, 1.807) is 0 Å². The van der Waals surface area contributed by atoms with Gasteiger partial charge >= 0.3 is 0 Å². The molecule has 0 saturated heterocycles. The zero-order chi connectivity index (χ0) is 11.5. The first-order valence-electron chi connectivity index (χ1n) is 4.60. The molecular weight excluding hydrogens is 211 g/mol. The van der Waals surface area contributed by atoms with Gasteiger partial charge in [0, 0.05) is 11.8 Å². The Hall–Kier alpha value is -2.17. The predicted molar refractivity (Wildman–Crippen MR) is 55.0 cm³/mol. The van der Waals surface area contributed by atoms with Crippen LogP contribution in [0.4, 0.5) is 4.39 Å². The van der Waals surface area contributed by atoms with Gasteiger partial charge in [0.25, 0.3) is 0 Å². The number of nitrogens with one attached hydrogen (secondary N) is 1. The van der Waals surface area contributed by atoms with Crippen molar-refractivity contribution >= 4 is 5.78 Å². The van der Waals surface area contributed by atoms with Crippen molar-refractivity contribution in [1.29, 1.82) is 0 Å². The van der Waals surface area contributed by atoms with E-state index in [1.807, 2.05) is 0 Å². The van der Waals surface area contributed by atoms with E-state index >= 15 is 0 Å². The Labute approximate surface area is 91.1 Å². The molecule has 0 unspecified atom stereocenters. The van der Waals surface area contributed by atoms with E-state index < -0.39 is 5.82 Å². The van der Waals surface area contributed by atoms with Gasteiger partial charge < -0.3 is 4.74 Å². The lowest BCUT2D eigenvalue weighted by Gasteiger charge is -2.03. The number of methoxy groups -OCH3 is 1. The zero-order valence-corrected chi connectivity index (χ0v) is 8.53. The van der Waals surface area contributed by atoms with Gasteiger partial charge in [-0.2, -0.15) is 5.10 Å². The molecule has 0 radical (unpaired) electrons. The molecule has 2 rings (SSSR count). The minimum Gasteiger partial charge on any atom is -0.494 e. The van der Waals surface area contributed by atoms with Crippen LogP contribution in [0.1, 0.15) is 16.1 Å². The van der Waals surface area contributed by atoms with Crippen molar-refractivity contribution in [2.75, 3.05) is 7.11 Å². The van der Waals surface area contributed by atoms with Crippen LogP contribution in [0.25, 0.3) is 0 Å². The van der Waals surface area contributed by atoms with Gasteiger partial charge in [-0.3, -0.25) is 9.89 Å². The summed E-state index contributed by atoms with van der Waals surface area (Å²) in [5.41, 5.74) is 0.576. The monoisotopic (exact) mass is 220 g/mol. The third-order valence-electron chi connectivity index (χ3n) is 2.16. The fourth-order valence-electron chi connectivity index (χ4n) is 1.35. The number of carbonyl (C=O) groups excluding carboxylic acids is 1. The van der Waals surface area contributed by atoms with Crippen molar-refractivity contribution in [3.63, 3.8) is 0 Å². The molecule has 0 bridgehead atoms. The van der Waals surface area contributed by atoms with Crippen LogP contribution in [0.2, 0.25) is 0 Å². The first-order chi connectivity index (χ1) is 7.72. The summed E-state index contributed by atoms with van der Waals surface area (Å²) in [6.45, 7) is 0. The SMILES string of the molecule is COc1ccc(C(=O)c2ccn[nH]2)cc1F. The quantitative estimate of drug-likeness (QED) is 0.802. The first-order valence-corrected chi connectivity index (χ1v) is 4.60. The van der Waals surface area contributed by atoms with Crippen molar-refractivity contribution in [3.05, 3.63) is 47.5 Å². The summed E-state index contributed by atoms with van der Waals surface area (Å²) in [5, 5.41) is 6.19. The zero-order valence-electron chi connectivity index (χ0n) is 8.53. The van der Waals surface area contributed by atoms with Crippen LogP contribution in [0.5, 0.6) is 5.75 Å². The van der Waals surface area contributed by atoms with E-state index in [2.05, 4.69) is 10.2 Å². The number of hydrogen-bond acceptors (Lipinski definition) is 3. The van der Waals surface area contributed by atoms with Crippen molar-refractivity contribution in [2.24, 2.45) is 0 Å². The Kier molecular flexibility index (Phi) is 2.68. The Morgan fingerprint density at radius 2 is 2.25 bits per heavy atom. The van der Waals surface area contributed by atoms with E-state index in [-0.39, 0.29) is 17.1 Å².